The second-order valence-corrected chi connectivity index (χ2v) is 7.93. The lowest BCUT2D eigenvalue weighted by atomic mass is 9.48. The zero-order valence-corrected chi connectivity index (χ0v) is 12.0. The van der Waals surface area contributed by atoms with Crippen LogP contribution in [0.2, 0.25) is 0 Å². The van der Waals surface area contributed by atoms with Gasteiger partial charge in [0.15, 0.2) is 0 Å². The van der Waals surface area contributed by atoms with Gasteiger partial charge in [0.05, 0.1) is 5.60 Å². The first-order valence-electron chi connectivity index (χ1n) is 7.09. The van der Waals surface area contributed by atoms with Gasteiger partial charge in [-0.15, -0.1) is 0 Å². The van der Waals surface area contributed by atoms with Crippen molar-refractivity contribution in [1.82, 2.24) is 0 Å². The van der Waals surface area contributed by atoms with Crippen LogP contribution in [0, 0.1) is 28.1 Å². The van der Waals surface area contributed by atoms with Crippen molar-refractivity contribution in [2.24, 2.45) is 28.1 Å². The lowest BCUT2D eigenvalue weighted by Crippen LogP contribution is -2.55. The molecule has 0 aromatic heterocycles. The summed E-state index contributed by atoms with van der Waals surface area (Å²) in [4.78, 5) is 0. The Balaban J connectivity index is 2.55. The van der Waals surface area contributed by atoms with Gasteiger partial charge in [0.1, 0.15) is 0 Å². The van der Waals surface area contributed by atoms with Gasteiger partial charge in [0, 0.05) is 5.41 Å². The standard InChI is InChI=1S/C15H28O/c1-10-8-15(14(6,7)16)9-11(10)12(2,3)13(15,4)5/h10-11,16H,8-9H2,1-7H3/t10-,11?,15?/m1/s1/i16T. The molecule has 2 aliphatic rings. The lowest BCUT2D eigenvalue weighted by molar-refractivity contribution is -0.151. The minimum absolute atomic E-state index is 0.148. The molecule has 2 aliphatic carbocycles. The molecule has 0 heterocycles. The highest BCUT2D eigenvalue weighted by Crippen LogP contribution is 2.76. The molecule has 0 amide bonds. The van der Waals surface area contributed by atoms with Gasteiger partial charge in [-0.2, -0.15) is 0 Å². The summed E-state index contributed by atoms with van der Waals surface area (Å²) in [5.74, 6) is 1.53. The normalized spacial score (nSPS) is 45.8. The summed E-state index contributed by atoms with van der Waals surface area (Å²) in [7, 11) is 0. The van der Waals surface area contributed by atoms with E-state index in [2.05, 4.69) is 48.5 Å². The van der Waals surface area contributed by atoms with E-state index in [9.17, 15) is 0 Å². The highest BCUT2D eigenvalue weighted by atomic mass is 16.3. The van der Waals surface area contributed by atoms with Crippen LogP contribution in [0.5, 0.6) is 0 Å². The van der Waals surface area contributed by atoms with Crippen LogP contribution in [0.15, 0.2) is 0 Å². The molecule has 2 fully saturated rings. The Kier molecular flexibility index (Phi) is 1.98. The van der Waals surface area contributed by atoms with Crippen molar-refractivity contribution < 1.29 is 5.11 Å². The van der Waals surface area contributed by atoms with Gasteiger partial charge in [-0.05, 0) is 49.4 Å². The molecule has 2 rings (SSSR count). The summed E-state index contributed by atoms with van der Waals surface area (Å²) in [6.45, 7) is 16.2. The second-order valence-electron chi connectivity index (χ2n) is 7.93. The first kappa shape index (κ1) is 11.1. The molecule has 0 spiro atoms. The van der Waals surface area contributed by atoms with Crippen LogP contribution in [0.1, 0.15) is 61.3 Å². The van der Waals surface area contributed by atoms with Crippen molar-refractivity contribution in [2.45, 2.75) is 66.9 Å². The molecule has 3 atom stereocenters. The minimum Gasteiger partial charge on any atom is -0.390 e. The summed E-state index contributed by atoms with van der Waals surface area (Å²) in [6, 6.07) is 0. The van der Waals surface area contributed by atoms with Crippen molar-refractivity contribution in [3.8, 4) is 0 Å². The van der Waals surface area contributed by atoms with E-state index in [4.69, 9.17) is 6.54 Å². The van der Waals surface area contributed by atoms with Crippen LogP contribution in [0.3, 0.4) is 0 Å². The van der Waals surface area contributed by atoms with E-state index in [-0.39, 0.29) is 16.4 Å². The van der Waals surface area contributed by atoms with Crippen molar-refractivity contribution >= 4 is 0 Å². The fourth-order valence-electron chi connectivity index (χ4n) is 5.15. The maximum atomic E-state index is 7.49. The predicted molar refractivity (Wildman–Crippen MR) is 68.2 cm³/mol. The molecule has 0 aromatic rings. The zero-order valence-electron chi connectivity index (χ0n) is 13.0. The van der Waals surface area contributed by atoms with Crippen molar-refractivity contribution in [2.75, 3.05) is 0 Å². The Hall–Kier alpha value is -0.0400. The maximum absolute atomic E-state index is 7.49. The third kappa shape index (κ3) is 1.06. The van der Waals surface area contributed by atoms with Crippen LogP contribution in [0.25, 0.3) is 0 Å². The van der Waals surface area contributed by atoms with E-state index < -0.39 is 0 Å². The summed E-state index contributed by atoms with van der Waals surface area (Å²) in [5.41, 5.74) is 0.352. The Bertz CT molecular complexity index is 332. The highest BCUT2D eigenvalue weighted by Gasteiger charge is 2.72. The summed E-state index contributed by atoms with van der Waals surface area (Å²) < 4.78 is 7.49. The van der Waals surface area contributed by atoms with Gasteiger partial charge in [-0.25, -0.2) is 0 Å². The van der Waals surface area contributed by atoms with Gasteiger partial charge in [0.2, 0.25) is 1.43 Å². The Morgan fingerprint density at radius 1 is 1.19 bits per heavy atom. The average molecular weight is 226 g/mol. The fraction of sp³-hybridized carbons (Fsp3) is 1.00. The summed E-state index contributed by atoms with van der Waals surface area (Å²) in [6.07, 6.45) is 2.43. The number of aliphatic hydroxyl groups is 1. The van der Waals surface area contributed by atoms with Crippen LogP contribution in [-0.2, 0) is 0 Å². The SMILES string of the molecule is [3H]OC(C)(C)C12CC([C@H](C)C1)C(C)(C)C2(C)C. The molecule has 94 valence electrons. The van der Waals surface area contributed by atoms with Gasteiger partial charge in [-0.1, -0.05) is 34.6 Å². The third-order valence-corrected chi connectivity index (χ3v) is 6.81. The van der Waals surface area contributed by atoms with Gasteiger partial charge >= 0.3 is 0 Å². The Labute approximate surface area is 102 Å². The van der Waals surface area contributed by atoms with Crippen LogP contribution >= 0.6 is 0 Å². The van der Waals surface area contributed by atoms with Crippen LogP contribution < -0.4 is 0 Å². The first-order chi connectivity index (χ1) is 7.53. The highest BCUT2D eigenvalue weighted by molar-refractivity contribution is 5.20. The summed E-state index contributed by atoms with van der Waals surface area (Å²) >= 11 is 0. The quantitative estimate of drug-likeness (QED) is 0.758. The molecule has 0 radical (unpaired) electrons. The average Bonchev–Trinajstić information content (AvgIpc) is 2.63. The van der Waals surface area contributed by atoms with E-state index in [0.29, 0.717) is 5.41 Å². The van der Waals surface area contributed by atoms with Crippen molar-refractivity contribution in [3.63, 3.8) is 0 Å². The van der Waals surface area contributed by atoms with Crippen LogP contribution in [0.4, 0.5) is 0 Å². The molecule has 1 nitrogen and oxygen atoms in total. The second kappa shape index (κ2) is 2.85. The number of rotatable bonds is 2. The summed E-state index contributed by atoms with van der Waals surface area (Å²) in [5, 5.41) is 5.17. The van der Waals surface area contributed by atoms with Gasteiger partial charge < -0.3 is 5.11 Å². The fourth-order valence-corrected chi connectivity index (χ4v) is 5.15. The molecule has 2 unspecified atom stereocenters. The Morgan fingerprint density at radius 3 is 2.19 bits per heavy atom. The van der Waals surface area contributed by atoms with E-state index in [1.54, 1.807) is 0 Å². The minimum atomic E-state index is -0.354. The molecule has 0 aliphatic heterocycles. The van der Waals surface area contributed by atoms with Gasteiger partial charge in [0.25, 0.3) is 0 Å². The Morgan fingerprint density at radius 2 is 1.75 bits per heavy atom. The number of hydrogen-bond donors (Lipinski definition) is 1. The topological polar surface area (TPSA) is 20.2 Å². The molecule has 1 N–H and O–H groups in total. The van der Waals surface area contributed by atoms with E-state index in [0.717, 1.165) is 11.8 Å². The van der Waals surface area contributed by atoms with Crippen molar-refractivity contribution in [1.29, 1.82) is 1.43 Å². The monoisotopic (exact) mass is 226 g/mol. The van der Waals surface area contributed by atoms with Gasteiger partial charge in [-0.3, -0.25) is 0 Å². The van der Waals surface area contributed by atoms with E-state index in [1.807, 2.05) is 0 Å². The smallest absolute Gasteiger partial charge is 0.211 e. The molecular formula is C15H28O. The van der Waals surface area contributed by atoms with Crippen molar-refractivity contribution in [3.05, 3.63) is 0 Å². The largest absolute Gasteiger partial charge is 0.390 e. The molecule has 1 heteroatoms. The third-order valence-electron chi connectivity index (χ3n) is 6.81. The maximum Gasteiger partial charge on any atom is 0.211 e. The number of hydrogen-bond acceptors (Lipinski definition) is 1. The first-order valence-corrected chi connectivity index (χ1v) is 6.68. The van der Waals surface area contributed by atoms with E-state index >= 15 is 0 Å². The lowest BCUT2D eigenvalue weighted by Gasteiger charge is -2.57. The molecular weight excluding hydrogens is 196 g/mol. The molecule has 16 heavy (non-hydrogen) atoms. The number of fused-ring (bicyclic) bond motifs is 2. The molecule has 0 saturated heterocycles. The molecule has 2 bridgehead atoms. The molecule has 2 saturated carbocycles. The van der Waals surface area contributed by atoms with E-state index in [1.165, 1.54) is 12.8 Å². The van der Waals surface area contributed by atoms with Crippen LogP contribution in [-0.4, -0.2) is 12.1 Å². The zero-order chi connectivity index (χ0) is 13.3. The predicted octanol–water partition coefficient (Wildman–Crippen LogP) is 3.86. The molecule has 0 aromatic carbocycles.